The second-order valence-corrected chi connectivity index (χ2v) is 8.06. The Kier molecular flexibility index (Phi) is 5.22. The van der Waals surface area contributed by atoms with Crippen LogP contribution in [0.5, 0.6) is 0 Å². The molecule has 2 saturated heterocycles. The van der Waals surface area contributed by atoms with Crippen molar-refractivity contribution in [2.24, 2.45) is 0 Å². The molecule has 2 fully saturated rings. The SMILES string of the molecule is CCNCC(C)S(=O)(=O)N1CCCN2CCCC2C1. The number of sulfonamides is 1. The van der Waals surface area contributed by atoms with Gasteiger partial charge in [-0.15, -0.1) is 0 Å². The maximum Gasteiger partial charge on any atom is 0.218 e. The van der Waals surface area contributed by atoms with Gasteiger partial charge in [-0.25, -0.2) is 12.7 Å². The zero-order chi connectivity index (χ0) is 13.9. The van der Waals surface area contributed by atoms with Crippen LogP contribution in [0.3, 0.4) is 0 Å². The summed E-state index contributed by atoms with van der Waals surface area (Å²) in [5.74, 6) is 0. The van der Waals surface area contributed by atoms with Crippen LogP contribution in [0.25, 0.3) is 0 Å². The minimum Gasteiger partial charge on any atom is -0.316 e. The normalized spacial score (nSPS) is 28.0. The fraction of sp³-hybridized carbons (Fsp3) is 1.00. The van der Waals surface area contributed by atoms with Crippen molar-refractivity contribution >= 4 is 10.0 Å². The topological polar surface area (TPSA) is 52.7 Å². The number of fused-ring (bicyclic) bond motifs is 1. The van der Waals surface area contributed by atoms with Crippen LogP contribution in [0.1, 0.15) is 33.1 Å². The standard InChI is InChI=1S/C13H27N3O2S/c1-3-14-10-12(2)19(17,18)16-9-5-8-15-7-4-6-13(15)11-16/h12-14H,3-11H2,1-2H3. The van der Waals surface area contributed by atoms with Gasteiger partial charge in [0, 0.05) is 25.7 Å². The van der Waals surface area contributed by atoms with E-state index < -0.39 is 10.0 Å². The molecule has 1 N–H and O–H groups in total. The van der Waals surface area contributed by atoms with E-state index in [9.17, 15) is 8.42 Å². The van der Waals surface area contributed by atoms with Crippen LogP contribution >= 0.6 is 0 Å². The lowest BCUT2D eigenvalue weighted by molar-refractivity contribution is 0.257. The Hall–Kier alpha value is -0.170. The number of rotatable bonds is 5. The van der Waals surface area contributed by atoms with Crippen LogP contribution in [0.2, 0.25) is 0 Å². The third-order valence-corrected chi connectivity index (χ3v) is 6.55. The lowest BCUT2D eigenvalue weighted by Crippen LogP contribution is -2.45. The van der Waals surface area contributed by atoms with Gasteiger partial charge in [0.1, 0.15) is 0 Å². The third kappa shape index (κ3) is 3.48. The molecule has 2 atom stereocenters. The molecule has 0 aromatic rings. The Morgan fingerprint density at radius 2 is 2.00 bits per heavy atom. The number of nitrogens with one attached hydrogen (secondary N) is 1. The van der Waals surface area contributed by atoms with Gasteiger partial charge in [-0.1, -0.05) is 6.92 Å². The Balaban J connectivity index is 2.02. The maximum absolute atomic E-state index is 12.6. The summed E-state index contributed by atoms with van der Waals surface area (Å²) in [4.78, 5) is 2.46. The molecule has 0 aliphatic carbocycles. The molecular formula is C13H27N3O2S. The van der Waals surface area contributed by atoms with Gasteiger partial charge in [-0.3, -0.25) is 4.90 Å². The smallest absolute Gasteiger partial charge is 0.218 e. The highest BCUT2D eigenvalue weighted by Gasteiger charge is 2.35. The molecule has 2 unspecified atom stereocenters. The summed E-state index contributed by atoms with van der Waals surface area (Å²) >= 11 is 0. The molecule has 0 bridgehead atoms. The molecule has 2 heterocycles. The number of hydrogen-bond donors (Lipinski definition) is 1. The van der Waals surface area contributed by atoms with E-state index in [1.807, 2.05) is 13.8 Å². The molecule has 5 nitrogen and oxygen atoms in total. The molecule has 2 aliphatic heterocycles. The average Bonchev–Trinajstić information content (AvgIpc) is 2.72. The minimum absolute atomic E-state index is 0.333. The van der Waals surface area contributed by atoms with Crippen molar-refractivity contribution in [1.29, 1.82) is 0 Å². The van der Waals surface area contributed by atoms with Crippen LogP contribution in [0.15, 0.2) is 0 Å². The van der Waals surface area contributed by atoms with E-state index in [-0.39, 0.29) is 5.25 Å². The number of hydrogen-bond acceptors (Lipinski definition) is 4. The maximum atomic E-state index is 12.6. The van der Waals surface area contributed by atoms with E-state index in [4.69, 9.17) is 0 Å². The summed E-state index contributed by atoms with van der Waals surface area (Å²) in [6.45, 7) is 8.76. The Morgan fingerprint density at radius 3 is 2.74 bits per heavy atom. The Morgan fingerprint density at radius 1 is 1.26 bits per heavy atom. The zero-order valence-corrected chi connectivity index (χ0v) is 13.0. The molecule has 0 spiro atoms. The second-order valence-electron chi connectivity index (χ2n) is 5.71. The van der Waals surface area contributed by atoms with Crippen molar-refractivity contribution in [2.45, 2.75) is 44.4 Å². The summed E-state index contributed by atoms with van der Waals surface area (Å²) in [5.41, 5.74) is 0. The van der Waals surface area contributed by atoms with E-state index >= 15 is 0 Å². The van der Waals surface area contributed by atoms with Gasteiger partial charge in [0.25, 0.3) is 0 Å². The third-order valence-electron chi connectivity index (χ3n) is 4.32. The highest BCUT2D eigenvalue weighted by atomic mass is 32.2. The zero-order valence-electron chi connectivity index (χ0n) is 12.1. The summed E-state index contributed by atoms with van der Waals surface area (Å²) in [5, 5.41) is 2.81. The van der Waals surface area contributed by atoms with Crippen molar-refractivity contribution in [3.05, 3.63) is 0 Å². The van der Waals surface area contributed by atoms with E-state index in [0.29, 0.717) is 25.7 Å². The molecule has 2 aliphatic rings. The van der Waals surface area contributed by atoms with Gasteiger partial charge in [-0.2, -0.15) is 0 Å². The summed E-state index contributed by atoms with van der Waals surface area (Å²) in [6, 6.07) is 0.448. The molecule has 112 valence electrons. The summed E-state index contributed by atoms with van der Waals surface area (Å²) in [6.07, 6.45) is 3.32. The highest BCUT2D eigenvalue weighted by molar-refractivity contribution is 7.89. The lowest BCUT2D eigenvalue weighted by Gasteiger charge is -2.27. The molecule has 0 radical (unpaired) electrons. The first-order valence-corrected chi connectivity index (χ1v) is 8.99. The van der Waals surface area contributed by atoms with E-state index in [2.05, 4.69) is 10.2 Å². The van der Waals surface area contributed by atoms with Gasteiger partial charge in [0.2, 0.25) is 10.0 Å². The molecule has 2 rings (SSSR count). The van der Waals surface area contributed by atoms with Gasteiger partial charge in [-0.05, 0) is 45.8 Å². The summed E-state index contributed by atoms with van der Waals surface area (Å²) in [7, 11) is -3.15. The van der Waals surface area contributed by atoms with Crippen molar-refractivity contribution in [1.82, 2.24) is 14.5 Å². The minimum atomic E-state index is -3.15. The monoisotopic (exact) mass is 289 g/mol. The largest absolute Gasteiger partial charge is 0.316 e. The molecule has 0 aromatic heterocycles. The molecule has 6 heteroatoms. The average molecular weight is 289 g/mol. The molecule has 19 heavy (non-hydrogen) atoms. The van der Waals surface area contributed by atoms with E-state index in [0.717, 1.165) is 32.5 Å². The van der Waals surface area contributed by atoms with E-state index in [1.165, 1.54) is 6.42 Å². The van der Waals surface area contributed by atoms with Crippen LogP contribution in [-0.2, 0) is 10.0 Å². The van der Waals surface area contributed by atoms with Crippen molar-refractivity contribution in [3.63, 3.8) is 0 Å². The predicted octanol–water partition coefficient (Wildman–Crippen LogP) is 0.484. The Bertz CT molecular complexity index is 385. The molecular weight excluding hydrogens is 262 g/mol. The summed E-state index contributed by atoms with van der Waals surface area (Å²) < 4.78 is 26.9. The van der Waals surface area contributed by atoms with Gasteiger partial charge < -0.3 is 5.32 Å². The first-order chi connectivity index (χ1) is 9.05. The molecule has 0 saturated carbocycles. The van der Waals surface area contributed by atoms with Gasteiger partial charge in [0.05, 0.1) is 5.25 Å². The van der Waals surface area contributed by atoms with Gasteiger partial charge in [0.15, 0.2) is 0 Å². The van der Waals surface area contributed by atoms with Crippen LogP contribution in [0, 0.1) is 0 Å². The van der Waals surface area contributed by atoms with Crippen molar-refractivity contribution in [3.8, 4) is 0 Å². The Labute approximate surface area is 117 Å². The van der Waals surface area contributed by atoms with Crippen molar-refractivity contribution < 1.29 is 8.42 Å². The first kappa shape index (κ1) is 15.2. The first-order valence-electron chi connectivity index (χ1n) is 7.49. The molecule has 0 amide bonds. The van der Waals surface area contributed by atoms with Crippen LogP contribution in [0.4, 0.5) is 0 Å². The molecule has 0 aromatic carbocycles. The lowest BCUT2D eigenvalue weighted by atomic mass is 10.2. The predicted molar refractivity (Wildman–Crippen MR) is 77.7 cm³/mol. The fourth-order valence-electron chi connectivity index (χ4n) is 3.11. The second kappa shape index (κ2) is 6.52. The van der Waals surface area contributed by atoms with Gasteiger partial charge >= 0.3 is 0 Å². The van der Waals surface area contributed by atoms with Crippen molar-refractivity contribution in [2.75, 3.05) is 39.3 Å². The quantitative estimate of drug-likeness (QED) is 0.800. The highest BCUT2D eigenvalue weighted by Crippen LogP contribution is 2.23. The number of nitrogens with zero attached hydrogens (tertiary/aromatic N) is 2. The fourth-order valence-corrected chi connectivity index (χ4v) is 4.71. The van der Waals surface area contributed by atoms with E-state index in [1.54, 1.807) is 4.31 Å². The van der Waals surface area contributed by atoms with Crippen LogP contribution in [-0.4, -0.2) is 68.2 Å². The van der Waals surface area contributed by atoms with Crippen LogP contribution < -0.4 is 5.32 Å².